The summed E-state index contributed by atoms with van der Waals surface area (Å²) in [6.45, 7) is 0. The molecule has 12 heteroatoms. The summed E-state index contributed by atoms with van der Waals surface area (Å²) in [5, 5.41) is 23.5. The third kappa shape index (κ3) is 5.79. The Kier molecular flexibility index (Phi) is 7.47. The summed E-state index contributed by atoms with van der Waals surface area (Å²) >= 11 is 6.24. The Labute approximate surface area is 231 Å². The number of nitrogens with zero attached hydrogens (tertiary/aromatic N) is 5. The van der Waals surface area contributed by atoms with Crippen LogP contribution in [0.3, 0.4) is 0 Å². The highest BCUT2D eigenvalue weighted by Gasteiger charge is 2.23. The number of carboxylic acid groups (broad SMARTS) is 1. The number of amides is 1. The number of carbonyl (C=O) groups is 2. The van der Waals surface area contributed by atoms with Crippen molar-refractivity contribution in [1.29, 1.82) is 0 Å². The van der Waals surface area contributed by atoms with E-state index < -0.39 is 29.3 Å². The van der Waals surface area contributed by atoms with Crippen molar-refractivity contribution in [3.05, 3.63) is 124 Å². The second-order valence-electron chi connectivity index (χ2n) is 8.80. The zero-order valence-corrected chi connectivity index (χ0v) is 21.4. The molecule has 0 saturated heterocycles. The number of tetrazole rings is 1. The Balaban J connectivity index is 1.52. The molecule has 2 aromatic heterocycles. The van der Waals surface area contributed by atoms with E-state index in [0.717, 1.165) is 0 Å². The highest BCUT2D eigenvalue weighted by molar-refractivity contribution is 6.31. The van der Waals surface area contributed by atoms with Gasteiger partial charge in [0.2, 0.25) is 5.91 Å². The van der Waals surface area contributed by atoms with Crippen molar-refractivity contribution in [3.63, 3.8) is 0 Å². The first-order valence-electron chi connectivity index (χ1n) is 11.9. The highest BCUT2D eigenvalue weighted by atomic mass is 35.5. The first-order chi connectivity index (χ1) is 19.3. The Morgan fingerprint density at radius 2 is 1.82 bits per heavy atom. The SMILES string of the molecule is O=C(O)c1ccc(NC(=O)[C@H](Cc2cccc(F)c2)n2ccc(-c3cc(Cl)ccc3-n3cnnn3)cc2=O)cc1. The van der Waals surface area contributed by atoms with Gasteiger partial charge in [-0.25, -0.2) is 9.18 Å². The predicted molar refractivity (Wildman–Crippen MR) is 145 cm³/mol. The zero-order valence-electron chi connectivity index (χ0n) is 20.6. The number of rotatable bonds is 8. The van der Waals surface area contributed by atoms with Gasteiger partial charge in [-0.15, -0.1) is 5.10 Å². The molecule has 200 valence electrons. The fraction of sp³-hybridized carbons (Fsp3) is 0.0714. The van der Waals surface area contributed by atoms with E-state index in [2.05, 4.69) is 20.8 Å². The van der Waals surface area contributed by atoms with Crippen LogP contribution in [-0.4, -0.2) is 41.8 Å². The molecule has 0 aliphatic rings. The Morgan fingerprint density at radius 1 is 1.02 bits per heavy atom. The van der Waals surface area contributed by atoms with Gasteiger partial charge in [0.05, 0.1) is 11.3 Å². The number of carboxylic acids is 1. The molecule has 1 atom stereocenters. The van der Waals surface area contributed by atoms with Crippen LogP contribution in [0.1, 0.15) is 22.0 Å². The maximum atomic E-state index is 13.9. The monoisotopic (exact) mass is 558 g/mol. The molecule has 40 heavy (non-hydrogen) atoms. The van der Waals surface area contributed by atoms with Gasteiger partial charge in [0.25, 0.3) is 5.56 Å². The molecule has 3 aromatic carbocycles. The molecule has 5 aromatic rings. The number of carbonyl (C=O) groups excluding carboxylic acids is 1. The molecule has 0 aliphatic carbocycles. The molecule has 5 rings (SSSR count). The minimum atomic E-state index is -1.10. The number of halogens is 2. The number of anilines is 1. The second-order valence-corrected chi connectivity index (χ2v) is 9.23. The first kappa shape index (κ1) is 26.4. The number of pyridine rings is 1. The molecule has 2 N–H and O–H groups in total. The van der Waals surface area contributed by atoms with E-state index >= 15 is 0 Å². The highest BCUT2D eigenvalue weighted by Crippen LogP contribution is 2.29. The van der Waals surface area contributed by atoms with Crippen molar-refractivity contribution >= 4 is 29.2 Å². The molecule has 0 radical (unpaired) electrons. The summed E-state index contributed by atoms with van der Waals surface area (Å²) in [6, 6.07) is 18.4. The van der Waals surface area contributed by atoms with Crippen molar-refractivity contribution < 1.29 is 19.1 Å². The summed E-state index contributed by atoms with van der Waals surface area (Å²) in [5.74, 6) is -2.12. The van der Waals surface area contributed by atoms with Crippen LogP contribution in [0.15, 0.2) is 96.2 Å². The van der Waals surface area contributed by atoms with Gasteiger partial charge in [0.1, 0.15) is 18.2 Å². The van der Waals surface area contributed by atoms with Crippen LogP contribution in [0, 0.1) is 5.82 Å². The van der Waals surface area contributed by atoms with E-state index in [9.17, 15) is 18.8 Å². The molecule has 0 spiro atoms. The van der Waals surface area contributed by atoms with Gasteiger partial charge in [-0.3, -0.25) is 9.59 Å². The van der Waals surface area contributed by atoms with E-state index in [-0.39, 0.29) is 12.0 Å². The van der Waals surface area contributed by atoms with Crippen molar-refractivity contribution in [2.75, 3.05) is 5.32 Å². The smallest absolute Gasteiger partial charge is 0.335 e. The Morgan fingerprint density at radius 3 is 2.50 bits per heavy atom. The Hall–Kier alpha value is -5.16. The van der Waals surface area contributed by atoms with E-state index in [1.54, 1.807) is 30.3 Å². The molecule has 0 fully saturated rings. The van der Waals surface area contributed by atoms with Crippen LogP contribution in [0.2, 0.25) is 5.02 Å². The average molecular weight is 559 g/mol. The van der Waals surface area contributed by atoms with Crippen LogP contribution in [0.5, 0.6) is 0 Å². The third-order valence-electron chi connectivity index (χ3n) is 6.17. The maximum Gasteiger partial charge on any atom is 0.335 e. The lowest BCUT2D eigenvalue weighted by Crippen LogP contribution is -2.34. The molecule has 10 nitrogen and oxygen atoms in total. The molecule has 2 heterocycles. The van der Waals surface area contributed by atoms with Crippen LogP contribution in [0.4, 0.5) is 10.1 Å². The number of nitrogens with one attached hydrogen (secondary N) is 1. The van der Waals surface area contributed by atoms with Crippen molar-refractivity contribution in [1.82, 2.24) is 24.8 Å². The van der Waals surface area contributed by atoms with Crippen LogP contribution < -0.4 is 10.9 Å². The lowest BCUT2D eigenvalue weighted by Gasteiger charge is -2.20. The van der Waals surface area contributed by atoms with Gasteiger partial charge in [-0.1, -0.05) is 23.7 Å². The van der Waals surface area contributed by atoms with Gasteiger partial charge in [-0.2, -0.15) is 4.68 Å². The predicted octanol–water partition coefficient (Wildman–Crippen LogP) is 4.40. The molecular formula is C28H20ClFN6O4. The number of aromatic nitrogens is 5. The maximum absolute atomic E-state index is 13.9. The van der Waals surface area contributed by atoms with E-state index in [4.69, 9.17) is 16.7 Å². The standard InChI is InChI=1S/C28H20ClFN6O4/c29-20-6-9-24(36-16-31-33-34-36)23(15-20)19-10-11-35(26(37)14-19)25(13-17-2-1-3-21(30)12-17)27(38)32-22-7-4-18(5-8-22)28(39)40/h1-12,14-16,25H,13H2,(H,32,38)(H,39,40)/t25-/m0/s1. The van der Waals surface area contributed by atoms with E-state index in [1.165, 1.54) is 70.3 Å². The summed E-state index contributed by atoms with van der Waals surface area (Å²) in [4.78, 5) is 38.1. The Bertz CT molecular complexity index is 1760. The average Bonchev–Trinajstić information content (AvgIpc) is 3.47. The second kappa shape index (κ2) is 11.3. The van der Waals surface area contributed by atoms with Gasteiger partial charge in [0.15, 0.2) is 0 Å². The fourth-order valence-electron chi connectivity index (χ4n) is 4.25. The number of aromatic carboxylic acids is 1. The lowest BCUT2D eigenvalue weighted by molar-refractivity contribution is -0.119. The summed E-state index contributed by atoms with van der Waals surface area (Å²) in [5.41, 5.74) is 2.12. The van der Waals surface area contributed by atoms with Gasteiger partial charge < -0.3 is 15.0 Å². The van der Waals surface area contributed by atoms with E-state index in [0.29, 0.717) is 33.1 Å². The van der Waals surface area contributed by atoms with Gasteiger partial charge >= 0.3 is 5.97 Å². The quantitative estimate of drug-likeness (QED) is 0.288. The topological polar surface area (TPSA) is 132 Å². The fourth-order valence-corrected chi connectivity index (χ4v) is 4.42. The first-order valence-corrected chi connectivity index (χ1v) is 12.3. The summed E-state index contributed by atoms with van der Waals surface area (Å²) in [7, 11) is 0. The molecule has 0 bridgehead atoms. The third-order valence-corrected chi connectivity index (χ3v) is 6.40. The largest absolute Gasteiger partial charge is 0.478 e. The number of hydrogen-bond donors (Lipinski definition) is 2. The van der Waals surface area contributed by atoms with Crippen molar-refractivity contribution in [3.8, 4) is 16.8 Å². The summed E-state index contributed by atoms with van der Waals surface area (Å²) in [6.07, 6.45) is 2.92. The minimum absolute atomic E-state index is 0.0170. The molecule has 1 amide bonds. The van der Waals surface area contributed by atoms with Crippen molar-refractivity contribution in [2.45, 2.75) is 12.5 Å². The number of hydrogen-bond acceptors (Lipinski definition) is 6. The molecule has 0 unspecified atom stereocenters. The molecule has 0 aliphatic heterocycles. The molecular weight excluding hydrogens is 539 g/mol. The zero-order chi connectivity index (χ0) is 28.2. The lowest BCUT2D eigenvalue weighted by atomic mass is 10.0. The molecule has 0 saturated carbocycles. The minimum Gasteiger partial charge on any atom is -0.478 e. The van der Waals surface area contributed by atoms with Crippen LogP contribution in [-0.2, 0) is 11.2 Å². The van der Waals surface area contributed by atoms with Gasteiger partial charge in [0, 0.05) is 35.0 Å². The van der Waals surface area contributed by atoms with Crippen LogP contribution >= 0.6 is 11.6 Å². The van der Waals surface area contributed by atoms with E-state index in [1.807, 2.05) is 0 Å². The summed E-state index contributed by atoms with van der Waals surface area (Å²) < 4.78 is 16.6. The van der Waals surface area contributed by atoms with Crippen molar-refractivity contribution in [2.24, 2.45) is 0 Å². The van der Waals surface area contributed by atoms with Gasteiger partial charge in [-0.05, 0) is 82.2 Å². The normalized spacial score (nSPS) is 11.7. The number of benzene rings is 3. The van der Waals surface area contributed by atoms with Crippen LogP contribution in [0.25, 0.3) is 16.8 Å².